The normalized spacial score (nSPS) is 22.3. The fraction of sp³-hybridized carbons (Fsp3) is 0.567. The van der Waals surface area contributed by atoms with Gasteiger partial charge in [-0.25, -0.2) is 0 Å². The van der Waals surface area contributed by atoms with Crippen LogP contribution >= 0.6 is 0 Å². The lowest BCUT2D eigenvalue weighted by molar-refractivity contribution is 0.0674. The number of rotatable bonds is 6. The lowest BCUT2D eigenvalue weighted by atomic mass is 9.82. The van der Waals surface area contributed by atoms with Crippen molar-refractivity contribution in [2.45, 2.75) is 83.3 Å². The highest BCUT2D eigenvalue weighted by atomic mass is 16.2. The molecule has 0 radical (unpaired) electrons. The molecule has 1 unspecified atom stereocenters. The Bertz CT molecular complexity index is 998. The average Bonchev–Trinajstić information content (AvgIpc) is 3.21. The first-order valence-electron chi connectivity index (χ1n) is 13.4. The van der Waals surface area contributed by atoms with Crippen LogP contribution in [-0.4, -0.2) is 47.9 Å². The molecule has 4 nitrogen and oxygen atoms in total. The van der Waals surface area contributed by atoms with Gasteiger partial charge in [0.05, 0.1) is 0 Å². The Morgan fingerprint density at radius 1 is 1.03 bits per heavy atom. The number of fused-ring (bicyclic) bond motifs is 1. The maximum atomic E-state index is 13.0. The zero-order valence-electron chi connectivity index (χ0n) is 21.3. The van der Waals surface area contributed by atoms with Gasteiger partial charge in [0, 0.05) is 31.2 Å². The van der Waals surface area contributed by atoms with Gasteiger partial charge in [-0.1, -0.05) is 57.2 Å². The van der Waals surface area contributed by atoms with Crippen molar-refractivity contribution in [3.8, 4) is 0 Å². The maximum absolute atomic E-state index is 13.0. The molecule has 3 aliphatic heterocycles. The number of nitrogens with zero attached hydrogens (tertiary/aromatic N) is 2. The van der Waals surface area contributed by atoms with Gasteiger partial charge in [-0.15, -0.1) is 0 Å². The van der Waals surface area contributed by atoms with Gasteiger partial charge in [0.25, 0.3) is 5.91 Å². The van der Waals surface area contributed by atoms with Crippen molar-refractivity contribution in [3.63, 3.8) is 0 Å². The molecule has 2 fully saturated rings. The summed E-state index contributed by atoms with van der Waals surface area (Å²) in [5, 5.41) is 3.46. The Balaban J connectivity index is 1.17. The van der Waals surface area contributed by atoms with Gasteiger partial charge in [0.1, 0.15) is 0 Å². The van der Waals surface area contributed by atoms with Gasteiger partial charge in [-0.3, -0.25) is 9.69 Å². The lowest BCUT2D eigenvalue weighted by Crippen LogP contribution is -2.46. The summed E-state index contributed by atoms with van der Waals surface area (Å²) in [5.74, 6) is 0.841. The summed E-state index contributed by atoms with van der Waals surface area (Å²) in [6.07, 6.45) is 5.84. The van der Waals surface area contributed by atoms with Gasteiger partial charge in [-0.2, -0.15) is 0 Å². The fourth-order valence-electron chi connectivity index (χ4n) is 5.96. The Hall–Kier alpha value is -2.17. The fourth-order valence-corrected chi connectivity index (χ4v) is 5.96. The highest BCUT2D eigenvalue weighted by molar-refractivity contribution is 5.98. The topological polar surface area (TPSA) is 35.6 Å². The number of carbonyl (C=O) groups is 1. The Kier molecular flexibility index (Phi) is 6.81. The highest BCUT2D eigenvalue weighted by Gasteiger charge is 2.34. The summed E-state index contributed by atoms with van der Waals surface area (Å²) in [5.41, 5.74) is 6.71. The first-order chi connectivity index (χ1) is 16.4. The van der Waals surface area contributed by atoms with Gasteiger partial charge in [0.2, 0.25) is 0 Å². The van der Waals surface area contributed by atoms with Crippen molar-refractivity contribution >= 4 is 5.91 Å². The molecular formula is C30H41N3O. The number of carbonyl (C=O) groups excluding carboxylic acids is 1. The van der Waals surface area contributed by atoms with E-state index >= 15 is 0 Å². The van der Waals surface area contributed by atoms with Crippen LogP contribution in [-0.2, 0) is 18.5 Å². The van der Waals surface area contributed by atoms with Crippen LogP contribution in [0, 0.1) is 0 Å². The first kappa shape index (κ1) is 23.6. The molecule has 0 bridgehead atoms. The van der Waals surface area contributed by atoms with Gasteiger partial charge < -0.3 is 10.2 Å². The second-order valence-corrected chi connectivity index (χ2v) is 11.3. The van der Waals surface area contributed by atoms with Crippen molar-refractivity contribution in [1.82, 2.24) is 15.1 Å². The molecule has 0 saturated carbocycles. The zero-order valence-corrected chi connectivity index (χ0v) is 21.3. The summed E-state index contributed by atoms with van der Waals surface area (Å²) in [6.45, 7) is 13.0. The van der Waals surface area contributed by atoms with E-state index in [2.05, 4.69) is 78.4 Å². The molecule has 0 spiro atoms. The molecule has 182 valence electrons. The molecule has 0 aromatic heterocycles. The predicted octanol–water partition coefficient (Wildman–Crippen LogP) is 5.46. The molecule has 2 saturated heterocycles. The Morgan fingerprint density at radius 2 is 1.79 bits per heavy atom. The van der Waals surface area contributed by atoms with Crippen LogP contribution in [0.3, 0.4) is 0 Å². The van der Waals surface area contributed by atoms with E-state index in [4.69, 9.17) is 0 Å². The number of amides is 1. The standard InChI is InChI=1S/C30H41N3O/c1-4-30(2,3)26-10-7-22(8-11-26)20-32-16-13-23(14-17-32)24-9-12-28-25(18-24)21-33(29(28)34)27-6-5-15-31-19-27/h7-12,18,23,27,31H,4-6,13-17,19-21H2,1-3H3. The van der Waals surface area contributed by atoms with E-state index in [-0.39, 0.29) is 11.3 Å². The predicted molar refractivity (Wildman–Crippen MR) is 139 cm³/mol. The number of hydrogen-bond donors (Lipinski definition) is 1. The number of hydrogen-bond acceptors (Lipinski definition) is 3. The quantitative estimate of drug-likeness (QED) is 0.623. The first-order valence-corrected chi connectivity index (χ1v) is 13.4. The Morgan fingerprint density at radius 3 is 2.47 bits per heavy atom. The molecule has 2 aromatic rings. The van der Waals surface area contributed by atoms with Crippen LogP contribution in [0.15, 0.2) is 42.5 Å². The third-order valence-electron chi connectivity index (χ3n) is 8.76. The molecule has 1 atom stereocenters. The third-order valence-corrected chi connectivity index (χ3v) is 8.76. The summed E-state index contributed by atoms with van der Waals surface area (Å²) in [4.78, 5) is 17.7. The molecule has 34 heavy (non-hydrogen) atoms. The highest BCUT2D eigenvalue weighted by Crippen LogP contribution is 2.34. The smallest absolute Gasteiger partial charge is 0.254 e. The molecule has 3 heterocycles. The van der Waals surface area contributed by atoms with Crippen molar-refractivity contribution in [2.24, 2.45) is 0 Å². The third kappa shape index (κ3) is 4.81. The summed E-state index contributed by atoms with van der Waals surface area (Å²) >= 11 is 0. The van der Waals surface area contributed by atoms with Crippen LogP contribution in [0.4, 0.5) is 0 Å². The van der Waals surface area contributed by atoms with Crippen LogP contribution in [0.25, 0.3) is 0 Å². The SMILES string of the molecule is CCC(C)(C)c1ccc(CN2CCC(c3ccc4c(c3)CN(C3CCCNC3)C4=O)CC2)cc1. The van der Waals surface area contributed by atoms with E-state index in [1.165, 1.54) is 35.1 Å². The molecule has 5 rings (SSSR count). The summed E-state index contributed by atoms with van der Waals surface area (Å²) in [7, 11) is 0. The minimum absolute atomic E-state index is 0.235. The molecule has 3 aliphatic rings. The van der Waals surface area contributed by atoms with Crippen molar-refractivity contribution in [1.29, 1.82) is 0 Å². The van der Waals surface area contributed by atoms with Crippen molar-refractivity contribution in [2.75, 3.05) is 26.2 Å². The van der Waals surface area contributed by atoms with Gasteiger partial charge in [-0.05, 0) is 91.4 Å². The largest absolute Gasteiger partial charge is 0.330 e. The molecule has 2 aromatic carbocycles. The van der Waals surface area contributed by atoms with Crippen LogP contribution in [0.2, 0.25) is 0 Å². The minimum atomic E-state index is 0.235. The summed E-state index contributed by atoms with van der Waals surface area (Å²) in [6, 6.07) is 16.3. The second-order valence-electron chi connectivity index (χ2n) is 11.3. The number of piperidine rings is 2. The molecular weight excluding hydrogens is 418 g/mol. The van der Waals surface area contributed by atoms with E-state index in [0.29, 0.717) is 12.0 Å². The van der Waals surface area contributed by atoms with E-state index < -0.39 is 0 Å². The second kappa shape index (κ2) is 9.83. The van der Waals surface area contributed by atoms with E-state index in [9.17, 15) is 4.79 Å². The van der Waals surface area contributed by atoms with Crippen molar-refractivity contribution in [3.05, 3.63) is 70.3 Å². The maximum Gasteiger partial charge on any atom is 0.254 e. The van der Waals surface area contributed by atoms with Crippen LogP contribution in [0.1, 0.15) is 91.4 Å². The van der Waals surface area contributed by atoms with Crippen LogP contribution < -0.4 is 5.32 Å². The molecule has 0 aliphatic carbocycles. The monoisotopic (exact) mass is 459 g/mol. The van der Waals surface area contributed by atoms with E-state index in [1.54, 1.807) is 0 Å². The minimum Gasteiger partial charge on any atom is -0.330 e. The lowest BCUT2D eigenvalue weighted by Gasteiger charge is -2.32. The van der Waals surface area contributed by atoms with Crippen LogP contribution in [0.5, 0.6) is 0 Å². The van der Waals surface area contributed by atoms with Gasteiger partial charge in [0.15, 0.2) is 0 Å². The van der Waals surface area contributed by atoms with Gasteiger partial charge >= 0.3 is 0 Å². The average molecular weight is 460 g/mol. The molecule has 1 N–H and O–H groups in total. The number of nitrogens with one attached hydrogen (secondary N) is 1. The van der Waals surface area contributed by atoms with E-state index in [1.807, 2.05) is 0 Å². The van der Waals surface area contributed by atoms with E-state index in [0.717, 1.165) is 64.1 Å². The number of benzene rings is 2. The summed E-state index contributed by atoms with van der Waals surface area (Å²) < 4.78 is 0. The Labute approximate surface area is 205 Å². The number of likely N-dealkylation sites (tertiary alicyclic amines) is 1. The molecule has 4 heteroatoms. The zero-order chi connectivity index (χ0) is 23.7. The van der Waals surface area contributed by atoms with Crippen molar-refractivity contribution < 1.29 is 4.79 Å². The molecule has 1 amide bonds.